The molecule has 0 radical (unpaired) electrons. The Morgan fingerprint density at radius 3 is 2.33 bits per heavy atom. The van der Waals surface area contributed by atoms with Crippen molar-refractivity contribution in [2.24, 2.45) is 5.41 Å². The van der Waals surface area contributed by atoms with E-state index in [1.165, 1.54) is 0 Å². The number of amides is 2. The fourth-order valence-corrected chi connectivity index (χ4v) is 2.88. The van der Waals surface area contributed by atoms with E-state index in [4.69, 9.17) is 4.74 Å². The summed E-state index contributed by atoms with van der Waals surface area (Å²) in [5.41, 5.74) is -0.364. The van der Waals surface area contributed by atoms with Crippen LogP contribution in [0.15, 0.2) is 0 Å². The summed E-state index contributed by atoms with van der Waals surface area (Å²) >= 11 is 0. The van der Waals surface area contributed by atoms with Crippen molar-refractivity contribution in [1.29, 1.82) is 0 Å². The molecule has 1 spiro atoms. The highest BCUT2D eigenvalue weighted by molar-refractivity contribution is 5.98. The Hall–Kier alpha value is -0.900. The average Bonchev–Trinajstić information content (AvgIpc) is 1.97. The Morgan fingerprint density at radius 1 is 1.20 bits per heavy atom. The molecule has 2 heterocycles. The molecule has 0 aromatic rings. The molecule has 4 nitrogen and oxygen atoms in total. The van der Waals surface area contributed by atoms with Gasteiger partial charge in [0.05, 0.1) is 5.60 Å². The Labute approximate surface area is 89.4 Å². The first kappa shape index (κ1) is 10.6. The first-order valence-electron chi connectivity index (χ1n) is 5.38. The van der Waals surface area contributed by atoms with Crippen molar-refractivity contribution in [3.8, 4) is 0 Å². The second kappa shape index (κ2) is 3.30. The standard InChI is InChI=1S/C11H17NO3/c1-10(2)7-11(3-4-15-10)5-8(13)12-9(14)6-11/h3-7H2,1-2H3,(H,12,13,14). The van der Waals surface area contributed by atoms with Gasteiger partial charge in [0.1, 0.15) is 0 Å². The quantitative estimate of drug-likeness (QED) is 0.608. The first-order chi connectivity index (χ1) is 6.91. The molecule has 0 bridgehead atoms. The highest BCUT2D eigenvalue weighted by atomic mass is 16.5. The predicted octanol–water partition coefficient (Wildman–Crippen LogP) is 0.998. The highest BCUT2D eigenvalue weighted by Gasteiger charge is 2.45. The van der Waals surface area contributed by atoms with Crippen LogP contribution >= 0.6 is 0 Å². The van der Waals surface area contributed by atoms with Gasteiger partial charge in [0.25, 0.3) is 0 Å². The van der Waals surface area contributed by atoms with Crippen LogP contribution in [-0.2, 0) is 14.3 Å². The Morgan fingerprint density at radius 2 is 1.80 bits per heavy atom. The molecule has 2 fully saturated rings. The molecule has 0 unspecified atom stereocenters. The Kier molecular flexibility index (Phi) is 2.34. The minimum absolute atomic E-state index is 0.135. The summed E-state index contributed by atoms with van der Waals surface area (Å²) in [4.78, 5) is 22.8. The van der Waals surface area contributed by atoms with Crippen molar-refractivity contribution < 1.29 is 14.3 Å². The summed E-state index contributed by atoms with van der Waals surface area (Å²) in [7, 11) is 0. The number of piperidine rings is 1. The number of rotatable bonds is 0. The van der Waals surface area contributed by atoms with Crippen LogP contribution < -0.4 is 5.32 Å². The molecule has 2 rings (SSSR count). The van der Waals surface area contributed by atoms with E-state index >= 15 is 0 Å². The summed E-state index contributed by atoms with van der Waals surface area (Å²) in [5, 5.41) is 2.36. The second-order valence-corrected chi connectivity index (χ2v) is 5.36. The van der Waals surface area contributed by atoms with Gasteiger partial charge in [-0.15, -0.1) is 0 Å². The topological polar surface area (TPSA) is 55.4 Å². The molecule has 84 valence electrons. The maximum Gasteiger partial charge on any atom is 0.227 e. The van der Waals surface area contributed by atoms with Crippen molar-refractivity contribution in [2.45, 2.75) is 45.1 Å². The van der Waals surface area contributed by atoms with Crippen LogP contribution in [0.2, 0.25) is 0 Å². The van der Waals surface area contributed by atoms with Gasteiger partial charge < -0.3 is 4.74 Å². The lowest BCUT2D eigenvalue weighted by Crippen LogP contribution is -2.50. The molecule has 2 saturated heterocycles. The van der Waals surface area contributed by atoms with Crippen LogP contribution in [-0.4, -0.2) is 24.0 Å². The second-order valence-electron chi connectivity index (χ2n) is 5.36. The van der Waals surface area contributed by atoms with Crippen LogP contribution in [0, 0.1) is 5.41 Å². The molecule has 0 atom stereocenters. The van der Waals surface area contributed by atoms with E-state index in [2.05, 4.69) is 5.32 Å². The monoisotopic (exact) mass is 211 g/mol. The zero-order valence-corrected chi connectivity index (χ0v) is 9.26. The van der Waals surface area contributed by atoms with Crippen LogP contribution in [0.4, 0.5) is 0 Å². The largest absolute Gasteiger partial charge is 0.376 e. The Balaban J connectivity index is 2.18. The van der Waals surface area contributed by atoms with Crippen LogP contribution in [0.5, 0.6) is 0 Å². The maximum absolute atomic E-state index is 11.4. The number of carbonyl (C=O) groups is 2. The lowest BCUT2D eigenvalue weighted by Gasteiger charge is -2.45. The summed E-state index contributed by atoms with van der Waals surface area (Å²) in [6.07, 6.45) is 2.53. The first-order valence-corrected chi connectivity index (χ1v) is 5.38. The molecule has 0 aromatic carbocycles. The van der Waals surface area contributed by atoms with E-state index in [-0.39, 0.29) is 22.8 Å². The zero-order valence-electron chi connectivity index (χ0n) is 9.26. The molecule has 2 aliphatic heterocycles. The fraction of sp³-hybridized carbons (Fsp3) is 0.818. The average molecular weight is 211 g/mol. The van der Waals surface area contributed by atoms with Gasteiger partial charge in [-0.05, 0) is 32.1 Å². The molecule has 15 heavy (non-hydrogen) atoms. The highest BCUT2D eigenvalue weighted by Crippen LogP contribution is 2.45. The van der Waals surface area contributed by atoms with Crippen molar-refractivity contribution in [2.75, 3.05) is 6.61 Å². The third kappa shape index (κ3) is 2.20. The number of imide groups is 1. The van der Waals surface area contributed by atoms with Gasteiger partial charge in [0.2, 0.25) is 11.8 Å². The maximum atomic E-state index is 11.4. The summed E-state index contributed by atoms with van der Waals surface area (Å²) in [6, 6.07) is 0. The predicted molar refractivity (Wildman–Crippen MR) is 54.1 cm³/mol. The van der Waals surface area contributed by atoms with Crippen molar-refractivity contribution in [3.63, 3.8) is 0 Å². The molecule has 2 aliphatic rings. The van der Waals surface area contributed by atoms with Gasteiger partial charge in [-0.3, -0.25) is 14.9 Å². The minimum atomic E-state index is -0.212. The lowest BCUT2D eigenvalue weighted by molar-refractivity contribution is -0.150. The van der Waals surface area contributed by atoms with Crippen LogP contribution in [0.25, 0.3) is 0 Å². The van der Waals surface area contributed by atoms with E-state index in [1.54, 1.807) is 0 Å². The van der Waals surface area contributed by atoms with Gasteiger partial charge in [-0.2, -0.15) is 0 Å². The van der Waals surface area contributed by atoms with E-state index in [9.17, 15) is 9.59 Å². The fourth-order valence-electron chi connectivity index (χ4n) is 2.88. The van der Waals surface area contributed by atoms with Gasteiger partial charge in [-0.1, -0.05) is 0 Å². The van der Waals surface area contributed by atoms with Crippen molar-refractivity contribution in [3.05, 3.63) is 0 Å². The van der Waals surface area contributed by atoms with Gasteiger partial charge in [0.15, 0.2) is 0 Å². The van der Waals surface area contributed by atoms with Crippen LogP contribution in [0.3, 0.4) is 0 Å². The van der Waals surface area contributed by atoms with Gasteiger partial charge >= 0.3 is 0 Å². The Bertz CT molecular complexity index is 293. The number of carbonyl (C=O) groups excluding carboxylic acids is 2. The summed E-state index contributed by atoms with van der Waals surface area (Å²) < 4.78 is 5.62. The zero-order chi connectivity index (χ0) is 11.1. The summed E-state index contributed by atoms with van der Waals surface area (Å²) in [6.45, 7) is 4.68. The number of ether oxygens (including phenoxy) is 1. The van der Waals surface area contributed by atoms with E-state index < -0.39 is 0 Å². The smallest absolute Gasteiger partial charge is 0.227 e. The minimum Gasteiger partial charge on any atom is -0.376 e. The van der Waals surface area contributed by atoms with Gasteiger partial charge in [0, 0.05) is 19.4 Å². The molecule has 2 amide bonds. The third-order valence-corrected chi connectivity index (χ3v) is 3.28. The molecule has 0 aromatic heterocycles. The molecular formula is C11H17NO3. The molecule has 0 saturated carbocycles. The van der Waals surface area contributed by atoms with Crippen molar-refractivity contribution in [1.82, 2.24) is 5.32 Å². The molecular weight excluding hydrogens is 194 g/mol. The van der Waals surface area contributed by atoms with Crippen LogP contribution in [0.1, 0.15) is 39.5 Å². The third-order valence-electron chi connectivity index (χ3n) is 3.28. The number of nitrogens with one attached hydrogen (secondary N) is 1. The molecule has 4 heteroatoms. The van der Waals surface area contributed by atoms with E-state index in [0.29, 0.717) is 19.4 Å². The molecule has 0 aliphatic carbocycles. The summed E-state index contributed by atoms with van der Waals surface area (Å²) in [5.74, 6) is -0.270. The van der Waals surface area contributed by atoms with Gasteiger partial charge in [-0.25, -0.2) is 0 Å². The van der Waals surface area contributed by atoms with E-state index in [0.717, 1.165) is 12.8 Å². The lowest BCUT2D eigenvalue weighted by atomic mass is 9.68. The van der Waals surface area contributed by atoms with Crippen molar-refractivity contribution >= 4 is 11.8 Å². The SMILES string of the molecule is CC1(C)CC2(CCO1)CC(=O)NC(=O)C2. The number of hydrogen-bond acceptors (Lipinski definition) is 3. The normalized spacial score (nSPS) is 28.9. The molecule has 1 N–H and O–H groups in total. The number of hydrogen-bond donors (Lipinski definition) is 1. The van der Waals surface area contributed by atoms with E-state index in [1.807, 2.05) is 13.8 Å².